The molecule has 1 amide bonds. The van der Waals surface area contributed by atoms with Crippen LogP contribution < -0.4 is 14.8 Å². The highest BCUT2D eigenvalue weighted by Crippen LogP contribution is 2.32. The first-order chi connectivity index (χ1) is 12.8. The van der Waals surface area contributed by atoms with Crippen molar-refractivity contribution in [2.24, 2.45) is 0 Å². The van der Waals surface area contributed by atoms with Gasteiger partial charge in [-0.1, -0.05) is 18.2 Å². The molecule has 0 saturated carbocycles. The fourth-order valence-electron chi connectivity index (χ4n) is 3.07. The van der Waals surface area contributed by atoms with E-state index in [1.165, 1.54) is 0 Å². The average molecular weight is 371 g/mol. The Labute approximate surface area is 157 Å². The van der Waals surface area contributed by atoms with Crippen molar-refractivity contribution < 1.29 is 19.0 Å². The Morgan fingerprint density at radius 3 is 2.92 bits per heavy atom. The van der Waals surface area contributed by atoms with Gasteiger partial charge >= 0.3 is 0 Å². The van der Waals surface area contributed by atoms with Gasteiger partial charge in [0.25, 0.3) is 5.91 Å². The molecule has 0 aliphatic carbocycles. The van der Waals surface area contributed by atoms with E-state index in [1.54, 1.807) is 11.8 Å². The number of rotatable bonds is 6. The summed E-state index contributed by atoms with van der Waals surface area (Å²) in [4.78, 5) is 13.6. The molecule has 1 saturated heterocycles. The lowest BCUT2D eigenvalue weighted by Crippen LogP contribution is -2.23. The number of fused-ring (bicyclic) bond motifs is 1. The van der Waals surface area contributed by atoms with Crippen molar-refractivity contribution in [2.75, 3.05) is 19.2 Å². The molecule has 0 spiro atoms. The third-order valence-corrected chi connectivity index (χ3v) is 5.68. The number of amides is 1. The van der Waals surface area contributed by atoms with Crippen LogP contribution in [0.3, 0.4) is 0 Å². The molecule has 26 heavy (non-hydrogen) atoms. The summed E-state index contributed by atoms with van der Waals surface area (Å²) in [6.45, 7) is 1.55. The topological polar surface area (TPSA) is 56.8 Å². The number of carbonyl (C=O) groups is 1. The van der Waals surface area contributed by atoms with E-state index in [0.717, 1.165) is 47.2 Å². The summed E-state index contributed by atoms with van der Waals surface area (Å²) in [5.74, 6) is 2.28. The van der Waals surface area contributed by atoms with Gasteiger partial charge in [0, 0.05) is 23.8 Å². The van der Waals surface area contributed by atoms with Crippen molar-refractivity contribution in [1.29, 1.82) is 0 Å². The third-order valence-electron chi connectivity index (χ3n) is 4.47. The zero-order valence-corrected chi connectivity index (χ0v) is 15.2. The average Bonchev–Trinajstić information content (AvgIpc) is 3.35. The van der Waals surface area contributed by atoms with Crippen molar-refractivity contribution in [3.05, 3.63) is 53.6 Å². The Kier molecular flexibility index (Phi) is 5.32. The summed E-state index contributed by atoms with van der Waals surface area (Å²) in [5, 5.41) is 2.99. The van der Waals surface area contributed by atoms with Crippen LogP contribution in [0.1, 0.15) is 28.8 Å². The van der Waals surface area contributed by atoms with Gasteiger partial charge < -0.3 is 19.5 Å². The molecule has 4 rings (SSSR count). The van der Waals surface area contributed by atoms with E-state index >= 15 is 0 Å². The van der Waals surface area contributed by atoms with Gasteiger partial charge in [0.2, 0.25) is 6.79 Å². The quantitative estimate of drug-likeness (QED) is 0.786. The number of hydrogen-bond acceptors (Lipinski definition) is 5. The van der Waals surface area contributed by atoms with Crippen LogP contribution >= 0.6 is 11.8 Å². The van der Waals surface area contributed by atoms with Gasteiger partial charge in [-0.15, -0.1) is 11.8 Å². The second kappa shape index (κ2) is 8.01. The van der Waals surface area contributed by atoms with Crippen LogP contribution in [0, 0.1) is 0 Å². The maximum Gasteiger partial charge on any atom is 0.252 e. The first-order valence-electron chi connectivity index (χ1n) is 8.80. The van der Waals surface area contributed by atoms with E-state index in [2.05, 4.69) is 5.32 Å². The molecule has 5 nitrogen and oxygen atoms in total. The standard InChI is InChI=1S/C20H21NO4S/c22-20(21-11-14-7-8-17-18(10-14)25-13-24-17)16-5-1-2-6-19(16)26-12-15-4-3-9-23-15/h1-2,5-8,10,15H,3-4,9,11-13H2,(H,21,22)/t15-/m1/s1. The summed E-state index contributed by atoms with van der Waals surface area (Å²) in [6, 6.07) is 13.4. The number of hydrogen-bond donors (Lipinski definition) is 1. The number of benzene rings is 2. The predicted molar refractivity (Wildman–Crippen MR) is 99.9 cm³/mol. The molecule has 136 valence electrons. The van der Waals surface area contributed by atoms with Crippen LogP contribution in [0.15, 0.2) is 47.4 Å². The smallest absolute Gasteiger partial charge is 0.252 e. The van der Waals surface area contributed by atoms with Gasteiger partial charge in [0.05, 0.1) is 11.7 Å². The summed E-state index contributed by atoms with van der Waals surface area (Å²) in [6.07, 6.45) is 2.53. The molecule has 2 aliphatic rings. The minimum atomic E-state index is -0.0712. The van der Waals surface area contributed by atoms with Crippen molar-refractivity contribution in [3.8, 4) is 11.5 Å². The lowest BCUT2D eigenvalue weighted by molar-refractivity contribution is 0.0947. The molecule has 0 unspecified atom stereocenters. The second-order valence-electron chi connectivity index (χ2n) is 6.31. The molecule has 6 heteroatoms. The molecule has 2 aliphatic heterocycles. The maximum atomic E-state index is 12.7. The van der Waals surface area contributed by atoms with Gasteiger partial charge in [-0.25, -0.2) is 0 Å². The molecule has 1 N–H and O–H groups in total. The van der Waals surface area contributed by atoms with E-state index < -0.39 is 0 Å². The molecule has 2 heterocycles. The van der Waals surface area contributed by atoms with Crippen molar-refractivity contribution >= 4 is 17.7 Å². The van der Waals surface area contributed by atoms with Crippen molar-refractivity contribution in [1.82, 2.24) is 5.32 Å². The minimum absolute atomic E-state index is 0.0712. The number of carbonyl (C=O) groups excluding carboxylic acids is 1. The van der Waals surface area contributed by atoms with E-state index in [1.807, 2.05) is 42.5 Å². The Morgan fingerprint density at radius 1 is 1.15 bits per heavy atom. The largest absolute Gasteiger partial charge is 0.454 e. The molecule has 2 aromatic carbocycles. The molecule has 0 aromatic heterocycles. The fraction of sp³-hybridized carbons (Fsp3) is 0.350. The van der Waals surface area contributed by atoms with Crippen LogP contribution in [0.2, 0.25) is 0 Å². The van der Waals surface area contributed by atoms with E-state index in [0.29, 0.717) is 18.2 Å². The van der Waals surface area contributed by atoms with Gasteiger partial charge in [-0.3, -0.25) is 4.79 Å². The Hall–Kier alpha value is -2.18. The molecule has 2 aromatic rings. The van der Waals surface area contributed by atoms with Crippen LogP contribution in [0.4, 0.5) is 0 Å². The monoisotopic (exact) mass is 371 g/mol. The minimum Gasteiger partial charge on any atom is -0.454 e. The van der Waals surface area contributed by atoms with Gasteiger partial charge in [-0.2, -0.15) is 0 Å². The summed E-state index contributed by atoms with van der Waals surface area (Å²) in [5.41, 5.74) is 1.68. The Balaban J connectivity index is 1.38. The SMILES string of the molecule is O=C(NCc1ccc2c(c1)OCO2)c1ccccc1SC[C@H]1CCCO1. The van der Waals surface area contributed by atoms with Crippen molar-refractivity contribution in [2.45, 2.75) is 30.4 Å². The van der Waals surface area contributed by atoms with E-state index in [4.69, 9.17) is 14.2 Å². The lowest BCUT2D eigenvalue weighted by Gasteiger charge is -2.12. The first-order valence-corrected chi connectivity index (χ1v) is 9.78. The van der Waals surface area contributed by atoms with Crippen molar-refractivity contribution in [3.63, 3.8) is 0 Å². The maximum absolute atomic E-state index is 12.7. The molecule has 1 atom stereocenters. The highest BCUT2D eigenvalue weighted by molar-refractivity contribution is 7.99. The second-order valence-corrected chi connectivity index (χ2v) is 7.37. The number of nitrogens with one attached hydrogen (secondary N) is 1. The van der Waals surface area contributed by atoms with Crippen LogP contribution in [0.5, 0.6) is 11.5 Å². The van der Waals surface area contributed by atoms with Gasteiger partial charge in [0.1, 0.15) is 0 Å². The molecular formula is C20H21NO4S. The molecule has 0 bridgehead atoms. The fourth-order valence-corrected chi connectivity index (χ4v) is 4.19. The Bertz CT molecular complexity index is 789. The summed E-state index contributed by atoms with van der Waals surface area (Å²) in [7, 11) is 0. The van der Waals surface area contributed by atoms with Crippen LogP contribution in [0.25, 0.3) is 0 Å². The molecule has 1 fully saturated rings. The number of thioether (sulfide) groups is 1. The summed E-state index contributed by atoms with van der Waals surface area (Å²) >= 11 is 1.69. The molecule has 0 radical (unpaired) electrons. The number of ether oxygens (including phenoxy) is 3. The highest BCUT2D eigenvalue weighted by Gasteiger charge is 2.18. The third kappa shape index (κ3) is 3.97. The predicted octanol–water partition coefficient (Wildman–Crippen LogP) is 3.62. The zero-order chi connectivity index (χ0) is 17.8. The van der Waals surface area contributed by atoms with Gasteiger partial charge in [-0.05, 0) is 42.7 Å². The van der Waals surface area contributed by atoms with Gasteiger partial charge in [0.15, 0.2) is 11.5 Å². The van der Waals surface area contributed by atoms with Crippen LogP contribution in [-0.4, -0.2) is 31.2 Å². The van der Waals surface area contributed by atoms with Crippen LogP contribution in [-0.2, 0) is 11.3 Å². The lowest BCUT2D eigenvalue weighted by atomic mass is 10.1. The highest BCUT2D eigenvalue weighted by atomic mass is 32.2. The normalized spacial score (nSPS) is 18.1. The molecular weight excluding hydrogens is 350 g/mol. The Morgan fingerprint density at radius 2 is 2.04 bits per heavy atom. The summed E-state index contributed by atoms with van der Waals surface area (Å²) < 4.78 is 16.4. The first kappa shape index (κ1) is 17.2. The zero-order valence-electron chi connectivity index (χ0n) is 14.4. The van der Waals surface area contributed by atoms with E-state index in [9.17, 15) is 4.79 Å². The van der Waals surface area contributed by atoms with E-state index in [-0.39, 0.29) is 12.7 Å².